The molecule has 1 atom stereocenters. The molecule has 0 aliphatic heterocycles. The van der Waals surface area contributed by atoms with E-state index in [0.29, 0.717) is 5.39 Å². The molecule has 0 saturated carbocycles. The van der Waals surface area contributed by atoms with Crippen molar-refractivity contribution in [2.75, 3.05) is 13.7 Å². The van der Waals surface area contributed by atoms with Gasteiger partial charge in [0.25, 0.3) is 5.69 Å². The number of non-ortho nitro benzene ring substituents is 1. The van der Waals surface area contributed by atoms with E-state index in [1.807, 2.05) is 0 Å². The van der Waals surface area contributed by atoms with E-state index in [-0.39, 0.29) is 29.8 Å². The molecule has 0 radical (unpaired) electrons. The zero-order valence-corrected chi connectivity index (χ0v) is 11.4. The number of methoxy groups -OCH3 is 1. The van der Waals surface area contributed by atoms with Gasteiger partial charge in [-0.25, -0.2) is 4.39 Å². The van der Waals surface area contributed by atoms with Crippen molar-refractivity contribution in [1.82, 2.24) is 4.98 Å². The van der Waals surface area contributed by atoms with Crippen LogP contribution < -0.4 is 0 Å². The Morgan fingerprint density at radius 2 is 2.35 bits per heavy atom. The Balaban J connectivity index is 2.58. The number of fused-ring (bicyclic) bond motifs is 1. The lowest BCUT2D eigenvalue weighted by molar-refractivity contribution is -0.383. The lowest BCUT2D eigenvalue weighted by atomic mass is 10.0. The number of hydrogen-bond donors (Lipinski definition) is 0. The Labute approximate surface area is 119 Å². The van der Waals surface area contributed by atoms with Crippen LogP contribution in [0.2, 0.25) is 0 Å². The summed E-state index contributed by atoms with van der Waals surface area (Å²) in [6, 6.07) is 4.03. The van der Waals surface area contributed by atoms with E-state index in [0.717, 1.165) is 6.07 Å². The highest BCUT2D eigenvalue weighted by atomic mass is 35.5. The number of halogens is 2. The topological polar surface area (TPSA) is 65.3 Å². The first kappa shape index (κ1) is 14.6. The summed E-state index contributed by atoms with van der Waals surface area (Å²) in [7, 11) is 1.50. The van der Waals surface area contributed by atoms with Gasteiger partial charge in [-0.2, -0.15) is 0 Å². The van der Waals surface area contributed by atoms with Crippen LogP contribution in [0.3, 0.4) is 0 Å². The summed E-state index contributed by atoms with van der Waals surface area (Å²) in [6.45, 7) is 0.256. The van der Waals surface area contributed by atoms with Gasteiger partial charge in [0.05, 0.1) is 33.9 Å². The first-order valence-corrected chi connectivity index (χ1v) is 6.31. The molecule has 2 rings (SSSR count). The Morgan fingerprint density at radius 3 is 3.00 bits per heavy atom. The maximum absolute atomic E-state index is 14.1. The zero-order chi connectivity index (χ0) is 14.7. The Morgan fingerprint density at radius 1 is 1.60 bits per heavy atom. The van der Waals surface area contributed by atoms with Crippen molar-refractivity contribution in [3.63, 3.8) is 0 Å². The van der Waals surface area contributed by atoms with Crippen LogP contribution >= 0.6 is 11.6 Å². The summed E-state index contributed by atoms with van der Waals surface area (Å²) in [5.74, 6) is -0.676. The first-order chi connectivity index (χ1) is 9.54. The van der Waals surface area contributed by atoms with Gasteiger partial charge in [0.15, 0.2) is 0 Å². The number of rotatable bonds is 5. The Hall–Kier alpha value is -1.79. The number of ether oxygens (including phenoxy) is 1. The molecular weight excluding hydrogens is 287 g/mol. The average Bonchev–Trinajstić information content (AvgIpc) is 2.41. The predicted molar refractivity (Wildman–Crippen MR) is 73.6 cm³/mol. The minimum atomic E-state index is -0.676. The van der Waals surface area contributed by atoms with Gasteiger partial charge in [0.2, 0.25) is 0 Å². The molecule has 1 heterocycles. The summed E-state index contributed by atoms with van der Waals surface area (Å²) in [5, 5.41) is 10.8. The van der Waals surface area contributed by atoms with E-state index in [2.05, 4.69) is 4.98 Å². The van der Waals surface area contributed by atoms with Gasteiger partial charge >= 0.3 is 0 Å². The Bertz CT molecular complexity index is 651. The molecule has 0 aliphatic rings. The van der Waals surface area contributed by atoms with E-state index >= 15 is 0 Å². The van der Waals surface area contributed by atoms with E-state index in [4.69, 9.17) is 16.3 Å². The smallest absolute Gasteiger partial charge is 0.281 e. The molecule has 0 amide bonds. The summed E-state index contributed by atoms with van der Waals surface area (Å²) in [5.41, 5.74) is 0.233. The quantitative estimate of drug-likeness (QED) is 0.483. The van der Waals surface area contributed by atoms with Crippen molar-refractivity contribution in [3.8, 4) is 0 Å². The fourth-order valence-corrected chi connectivity index (χ4v) is 2.34. The lowest BCUT2D eigenvalue weighted by Crippen LogP contribution is -2.12. The maximum atomic E-state index is 14.1. The fourth-order valence-electron chi connectivity index (χ4n) is 2.06. The molecule has 0 N–H and O–H groups in total. The third-order valence-electron chi connectivity index (χ3n) is 2.89. The first-order valence-electron chi connectivity index (χ1n) is 5.88. The van der Waals surface area contributed by atoms with Crippen molar-refractivity contribution >= 4 is 28.2 Å². The van der Waals surface area contributed by atoms with E-state index in [9.17, 15) is 14.5 Å². The summed E-state index contributed by atoms with van der Waals surface area (Å²) < 4.78 is 19.0. The molecule has 2 aromatic rings. The molecule has 0 fully saturated rings. The molecule has 0 saturated heterocycles. The minimum absolute atomic E-state index is 0.187. The highest BCUT2D eigenvalue weighted by molar-refractivity contribution is 6.21. The van der Waals surface area contributed by atoms with Gasteiger partial charge < -0.3 is 4.74 Å². The zero-order valence-electron chi connectivity index (χ0n) is 10.7. The van der Waals surface area contributed by atoms with Crippen LogP contribution in [0.15, 0.2) is 24.4 Å². The normalized spacial score (nSPS) is 12.6. The number of nitro groups is 1. The highest BCUT2D eigenvalue weighted by Gasteiger charge is 2.21. The second kappa shape index (κ2) is 6.11. The van der Waals surface area contributed by atoms with Crippen LogP contribution in [0, 0.1) is 15.9 Å². The van der Waals surface area contributed by atoms with Crippen LogP contribution in [0.1, 0.15) is 5.56 Å². The highest BCUT2D eigenvalue weighted by Crippen LogP contribution is 2.30. The van der Waals surface area contributed by atoms with Gasteiger partial charge in [-0.15, -0.1) is 11.6 Å². The maximum Gasteiger partial charge on any atom is 0.281 e. The molecule has 1 unspecified atom stereocenters. The molecule has 1 aromatic heterocycles. The summed E-state index contributed by atoms with van der Waals surface area (Å²) >= 11 is 6.04. The third-order valence-corrected chi connectivity index (χ3v) is 3.17. The monoisotopic (exact) mass is 298 g/mol. The lowest BCUT2D eigenvalue weighted by Gasteiger charge is -2.11. The van der Waals surface area contributed by atoms with Crippen LogP contribution in [0.25, 0.3) is 10.9 Å². The van der Waals surface area contributed by atoms with E-state index < -0.39 is 16.1 Å². The largest absolute Gasteiger partial charge is 0.383 e. The number of pyridine rings is 1. The molecule has 0 aliphatic carbocycles. The number of alkyl halides is 1. The average molecular weight is 299 g/mol. The number of hydrogen-bond acceptors (Lipinski definition) is 4. The van der Waals surface area contributed by atoms with Crippen molar-refractivity contribution < 1.29 is 14.1 Å². The SMILES string of the molecule is COCC(Cl)Cc1c(F)cc([N+](=O)[O-])c2cccnc12. The van der Waals surface area contributed by atoms with E-state index in [1.54, 1.807) is 12.1 Å². The molecule has 106 valence electrons. The van der Waals surface area contributed by atoms with Crippen molar-refractivity contribution in [2.45, 2.75) is 11.8 Å². The summed E-state index contributed by atoms with van der Waals surface area (Å²) in [4.78, 5) is 14.4. The fraction of sp³-hybridized carbons (Fsp3) is 0.308. The number of nitrogens with zero attached hydrogens (tertiary/aromatic N) is 2. The molecule has 7 heteroatoms. The second-order valence-corrected chi connectivity index (χ2v) is 4.89. The summed E-state index contributed by atoms with van der Waals surface area (Å²) in [6.07, 6.45) is 1.65. The van der Waals surface area contributed by atoms with Crippen molar-refractivity contribution in [2.24, 2.45) is 0 Å². The Kier molecular flexibility index (Phi) is 4.46. The third kappa shape index (κ3) is 2.86. The van der Waals surface area contributed by atoms with Crippen LogP contribution in [0.4, 0.5) is 10.1 Å². The second-order valence-electron chi connectivity index (χ2n) is 4.27. The van der Waals surface area contributed by atoms with Gasteiger partial charge in [-0.05, 0) is 18.6 Å². The van der Waals surface area contributed by atoms with Crippen molar-refractivity contribution in [1.29, 1.82) is 0 Å². The van der Waals surface area contributed by atoms with E-state index in [1.165, 1.54) is 13.3 Å². The van der Waals surface area contributed by atoms with Gasteiger partial charge in [-0.1, -0.05) is 0 Å². The molecule has 1 aromatic carbocycles. The van der Waals surface area contributed by atoms with Gasteiger partial charge in [-0.3, -0.25) is 15.1 Å². The molecule has 0 spiro atoms. The van der Waals surface area contributed by atoms with Crippen LogP contribution in [0.5, 0.6) is 0 Å². The molecule has 20 heavy (non-hydrogen) atoms. The molecule has 0 bridgehead atoms. The number of benzene rings is 1. The molecule has 5 nitrogen and oxygen atoms in total. The number of aromatic nitrogens is 1. The van der Waals surface area contributed by atoms with Gasteiger partial charge in [0, 0.05) is 18.9 Å². The van der Waals surface area contributed by atoms with Gasteiger partial charge in [0.1, 0.15) is 5.82 Å². The standard InChI is InChI=1S/C13H12ClFN2O3/c1-20-7-8(14)5-10-11(15)6-12(17(18)19)9-3-2-4-16-13(9)10/h2-4,6,8H,5,7H2,1H3. The minimum Gasteiger partial charge on any atom is -0.383 e. The van der Waals surface area contributed by atoms with Crippen LogP contribution in [-0.4, -0.2) is 29.0 Å². The van der Waals surface area contributed by atoms with Crippen LogP contribution in [-0.2, 0) is 11.2 Å². The molecular formula is C13H12ClFN2O3. The predicted octanol–water partition coefficient (Wildman–Crippen LogP) is 3.08. The number of nitro benzene ring substituents is 1. The van der Waals surface area contributed by atoms with Crippen molar-refractivity contribution in [3.05, 3.63) is 45.9 Å².